The van der Waals surface area contributed by atoms with Crippen LogP contribution in [0.2, 0.25) is 5.02 Å². The molecule has 9 heteroatoms. The molecule has 1 heterocycles. The lowest BCUT2D eigenvalue weighted by Gasteiger charge is -2.07. The van der Waals surface area contributed by atoms with Gasteiger partial charge in [-0.25, -0.2) is 4.68 Å². The summed E-state index contributed by atoms with van der Waals surface area (Å²) in [6.07, 6.45) is 0. The highest BCUT2D eigenvalue weighted by Crippen LogP contribution is 2.21. The van der Waals surface area contributed by atoms with E-state index in [-0.39, 0.29) is 24.0 Å². The molecule has 0 aliphatic carbocycles. The molecule has 2 amide bonds. The molecule has 3 aromatic rings. The second kappa shape index (κ2) is 8.10. The molecule has 0 saturated heterocycles. The molecule has 2 aromatic carbocycles. The third-order valence-electron chi connectivity index (χ3n) is 4.05. The van der Waals surface area contributed by atoms with Crippen molar-refractivity contribution < 1.29 is 9.59 Å². The zero-order chi connectivity index (χ0) is 20.3. The summed E-state index contributed by atoms with van der Waals surface area (Å²) in [7, 11) is 0. The molecular weight excluding hydrogens is 380 g/mol. The Kier molecular flexibility index (Phi) is 5.60. The lowest BCUT2D eigenvalue weighted by Crippen LogP contribution is -2.21. The van der Waals surface area contributed by atoms with Gasteiger partial charge in [-0.05, 0) is 43.7 Å². The standard InChI is InChI=1S/C19H19ClN6O2/c1-11-3-6-13(7-4-11)22-16(27)10-26-18(21)17(24-25-26)19(28)23-14-8-5-12(2)15(20)9-14/h3-9H,10,21H2,1-2H3,(H,22,27)(H,23,28). The maximum absolute atomic E-state index is 12.4. The molecule has 4 N–H and O–H groups in total. The minimum Gasteiger partial charge on any atom is -0.382 e. The number of hydrogen-bond acceptors (Lipinski definition) is 5. The van der Waals surface area contributed by atoms with Crippen LogP contribution in [0.3, 0.4) is 0 Å². The van der Waals surface area contributed by atoms with Crippen LogP contribution in [0.5, 0.6) is 0 Å². The number of rotatable bonds is 5. The smallest absolute Gasteiger partial charge is 0.280 e. The molecule has 1 aromatic heterocycles. The summed E-state index contributed by atoms with van der Waals surface area (Å²) in [4.78, 5) is 24.6. The topological polar surface area (TPSA) is 115 Å². The lowest BCUT2D eigenvalue weighted by atomic mass is 10.2. The zero-order valence-electron chi connectivity index (χ0n) is 15.4. The normalized spacial score (nSPS) is 10.5. The molecule has 0 atom stereocenters. The Morgan fingerprint density at radius 3 is 2.43 bits per heavy atom. The summed E-state index contributed by atoms with van der Waals surface area (Å²) in [6.45, 7) is 3.65. The van der Waals surface area contributed by atoms with Crippen LogP contribution in [0, 0.1) is 13.8 Å². The number of halogens is 1. The number of carbonyl (C=O) groups is 2. The van der Waals surface area contributed by atoms with Crippen LogP contribution in [0.4, 0.5) is 17.2 Å². The fraction of sp³-hybridized carbons (Fsp3) is 0.158. The van der Waals surface area contributed by atoms with Crippen LogP contribution in [-0.4, -0.2) is 26.8 Å². The van der Waals surface area contributed by atoms with Crippen molar-refractivity contribution in [2.75, 3.05) is 16.4 Å². The molecule has 0 aliphatic heterocycles. The zero-order valence-corrected chi connectivity index (χ0v) is 16.1. The Labute approximate surface area is 166 Å². The Morgan fingerprint density at radius 1 is 1.07 bits per heavy atom. The van der Waals surface area contributed by atoms with Gasteiger partial charge in [0.15, 0.2) is 11.5 Å². The number of carbonyl (C=O) groups excluding carboxylic acids is 2. The van der Waals surface area contributed by atoms with Crippen LogP contribution < -0.4 is 16.4 Å². The number of nitrogens with one attached hydrogen (secondary N) is 2. The first kappa shape index (κ1) is 19.4. The fourth-order valence-corrected chi connectivity index (χ4v) is 2.61. The van der Waals surface area contributed by atoms with E-state index in [9.17, 15) is 9.59 Å². The maximum atomic E-state index is 12.4. The van der Waals surface area contributed by atoms with Crippen LogP contribution in [0.15, 0.2) is 42.5 Å². The summed E-state index contributed by atoms with van der Waals surface area (Å²) >= 11 is 6.06. The molecule has 0 saturated carbocycles. The number of amides is 2. The first-order valence-corrected chi connectivity index (χ1v) is 8.84. The molecule has 0 bridgehead atoms. The Hall–Kier alpha value is -3.39. The second-order valence-electron chi connectivity index (χ2n) is 6.31. The monoisotopic (exact) mass is 398 g/mol. The first-order chi connectivity index (χ1) is 13.3. The van der Waals surface area contributed by atoms with Crippen molar-refractivity contribution in [2.24, 2.45) is 0 Å². The van der Waals surface area contributed by atoms with E-state index in [2.05, 4.69) is 20.9 Å². The Bertz CT molecular complexity index is 1030. The van der Waals surface area contributed by atoms with E-state index in [1.54, 1.807) is 30.3 Å². The molecule has 0 aliphatic rings. The van der Waals surface area contributed by atoms with Gasteiger partial charge in [0.25, 0.3) is 5.91 Å². The van der Waals surface area contributed by atoms with E-state index < -0.39 is 5.91 Å². The number of nitrogen functional groups attached to an aromatic ring is 1. The number of benzene rings is 2. The molecular formula is C19H19ClN6O2. The highest BCUT2D eigenvalue weighted by atomic mass is 35.5. The molecule has 0 spiro atoms. The second-order valence-corrected chi connectivity index (χ2v) is 6.72. The van der Waals surface area contributed by atoms with Gasteiger partial charge in [0, 0.05) is 16.4 Å². The van der Waals surface area contributed by atoms with E-state index in [4.69, 9.17) is 17.3 Å². The lowest BCUT2D eigenvalue weighted by molar-refractivity contribution is -0.116. The number of aryl methyl sites for hydroxylation is 2. The van der Waals surface area contributed by atoms with E-state index in [1.807, 2.05) is 26.0 Å². The van der Waals surface area contributed by atoms with E-state index in [0.717, 1.165) is 11.1 Å². The van der Waals surface area contributed by atoms with E-state index >= 15 is 0 Å². The summed E-state index contributed by atoms with van der Waals surface area (Å²) in [5, 5.41) is 13.5. The van der Waals surface area contributed by atoms with Gasteiger partial charge in [0.1, 0.15) is 6.54 Å². The predicted octanol–water partition coefficient (Wildman–Crippen LogP) is 3.02. The van der Waals surface area contributed by atoms with Crippen molar-refractivity contribution in [3.05, 3.63) is 64.3 Å². The van der Waals surface area contributed by atoms with Crippen molar-refractivity contribution in [3.8, 4) is 0 Å². The van der Waals surface area contributed by atoms with Crippen LogP contribution in [-0.2, 0) is 11.3 Å². The van der Waals surface area contributed by atoms with Crippen molar-refractivity contribution >= 4 is 40.6 Å². The third kappa shape index (κ3) is 4.47. The number of nitrogens with zero attached hydrogens (tertiary/aromatic N) is 3. The van der Waals surface area contributed by atoms with Crippen molar-refractivity contribution in [1.29, 1.82) is 0 Å². The number of anilines is 3. The van der Waals surface area contributed by atoms with Gasteiger partial charge in [0.2, 0.25) is 5.91 Å². The van der Waals surface area contributed by atoms with Crippen molar-refractivity contribution in [3.63, 3.8) is 0 Å². The van der Waals surface area contributed by atoms with Gasteiger partial charge < -0.3 is 16.4 Å². The Morgan fingerprint density at radius 2 is 1.75 bits per heavy atom. The predicted molar refractivity (Wildman–Crippen MR) is 108 cm³/mol. The van der Waals surface area contributed by atoms with E-state index in [1.165, 1.54) is 4.68 Å². The highest BCUT2D eigenvalue weighted by Gasteiger charge is 2.19. The molecule has 8 nitrogen and oxygen atoms in total. The third-order valence-corrected chi connectivity index (χ3v) is 4.45. The SMILES string of the molecule is Cc1ccc(NC(=O)Cn2nnc(C(=O)Nc3ccc(C)c(Cl)c3)c2N)cc1. The number of aromatic nitrogens is 3. The minimum absolute atomic E-state index is 0.00485. The number of hydrogen-bond donors (Lipinski definition) is 3. The van der Waals surface area contributed by atoms with Gasteiger partial charge in [-0.2, -0.15) is 0 Å². The molecule has 144 valence electrons. The van der Waals surface area contributed by atoms with Gasteiger partial charge in [-0.1, -0.05) is 40.6 Å². The molecule has 3 rings (SSSR count). The highest BCUT2D eigenvalue weighted by molar-refractivity contribution is 6.31. The van der Waals surface area contributed by atoms with E-state index in [0.29, 0.717) is 16.4 Å². The van der Waals surface area contributed by atoms with Crippen LogP contribution in [0.1, 0.15) is 21.6 Å². The van der Waals surface area contributed by atoms with Gasteiger partial charge in [0.05, 0.1) is 0 Å². The summed E-state index contributed by atoms with van der Waals surface area (Å²) < 4.78 is 1.17. The molecule has 0 radical (unpaired) electrons. The van der Waals surface area contributed by atoms with Crippen LogP contribution in [0.25, 0.3) is 0 Å². The molecule has 0 unspecified atom stereocenters. The summed E-state index contributed by atoms with van der Waals surface area (Å²) in [5.74, 6) is -0.880. The van der Waals surface area contributed by atoms with Gasteiger partial charge >= 0.3 is 0 Å². The van der Waals surface area contributed by atoms with Crippen molar-refractivity contribution in [2.45, 2.75) is 20.4 Å². The fourth-order valence-electron chi connectivity index (χ4n) is 2.43. The largest absolute Gasteiger partial charge is 0.382 e. The first-order valence-electron chi connectivity index (χ1n) is 8.46. The molecule has 0 fully saturated rings. The number of nitrogens with two attached hydrogens (primary N) is 1. The van der Waals surface area contributed by atoms with Gasteiger partial charge in [-0.3, -0.25) is 9.59 Å². The average Bonchev–Trinajstić information content (AvgIpc) is 3.01. The van der Waals surface area contributed by atoms with Gasteiger partial charge in [-0.15, -0.1) is 5.10 Å². The van der Waals surface area contributed by atoms with Crippen LogP contribution >= 0.6 is 11.6 Å². The Balaban J connectivity index is 1.67. The average molecular weight is 399 g/mol. The van der Waals surface area contributed by atoms with Crippen molar-refractivity contribution in [1.82, 2.24) is 15.0 Å². The minimum atomic E-state index is -0.539. The maximum Gasteiger partial charge on any atom is 0.280 e. The summed E-state index contributed by atoms with van der Waals surface area (Å²) in [6, 6.07) is 12.5. The quantitative estimate of drug-likeness (QED) is 0.611. The molecule has 28 heavy (non-hydrogen) atoms. The summed E-state index contributed by atoms with van der Waals surface area (Å²) in [5.41, 5.74) is 9.02.